The van der Waals surface area contributed by atoms with Gasteiger partial charge >= 0.3 is 0 Å². The Balaban J connectivity index is 1.66. The van der Waals surface area contributed by atoms with Crippen LogP contribution in [0.1, 0.15) is 29.5 Å². The van der Waals surface area contributed by atoms with Crippen LogP contribution in [0.15, 0.2) is 46.9 Å². The van der Waals surface area contributed by atoms with Crippen molar-refractivity contribution >= 4 is 15.9 Å². The molecule has 2 aromatic rings. The molecule has 0 radical (unpaired) electrons. The maximum absolute atomic E-state index is 6.01. The standard InChI is InChI=1S/C18H20BrNO/c1-13-2-4-14(5-3-13)12-21-18-9-6-16(19)10-15(18)11-20-17-7-8-17/h2-6,9-10,17,20H,7-8,11-12H2,1H3. The van der Waals surface area contributed by atoms with Gasteiger partial charge in [0.25, 0.3) is 0 Å². The van der Waals surface area contributed by atoms with Crippen molar-refractivity contribution in [3.05, 3.63) is 63.6 Å². The molecule has 0 atom stereocenters. The summed E-state index contributed by atoms with van der Waals surface area (Å²) in [5.74, 6) is 0.965. The molecule has 0 unspecified atom stereocenters. The van der Waals surface area contributed by atoms with Gasteiger partial charge in [0.15, 0.2) is 0 Å². The molecular weight excluding hydrogens is 326 g/mol. The Bertz CT molecular complexity index is 605. The molecule has 21 heavy (non-hydrogen) atoms. The average molecular weight is 346 g/mol. The second-order valence-corrected chi connectivity index (χ2v) is 6.60. The van der Waals surface area contributed by atoms with Gasteiger partial charge in [-0.05, 0) is 43.5 Å². The summed E-state index contributed by atoms with van der Waals surface area (Å²) in [5.41, 5.74) is 3.68. The number of benzene rings is 2. The van der Waals surface area contributed by atoms with Crippen molar-refractivity contribution < 1.29 is 4.74 Å². The molecule has 3 heteroatoms. The lowest BCUT2D eigenvalue weighted by molar-refractivity contribution is 0.302. The smallest absolute Gasteiger partial charge is 0.124 e. The fourth-order valence-electron chi connectivity index (χ4n) is 2.21. The van der Waals surface area contributed by atoms with Crippen LogP contribution < -0.4 is 10.1 Å². The van der Waals surface area contributed by atoms with E-state index in [2.05, 4.69) is 58.5 Å². The number of hydrogen-bond acceptors (Lipinski definition) is 2. The summed E-state index contributed by atoms with van der Waals surface area (Å²) in [4.78, 5) is 0. The Morgan fingerprint density at radius 1 is 1.14 bits per heavy atom. The van der Waals surface area contributed by atoms with Crippen LogP contribution in [0.25, 0.3) is 0 Å². The Morgan fingerprint density at radius 3 is 2.62 bits per heavy atom. The van der Waals surface area contributed by atoms with Gasteiger partial charge in [-0.3, -0.25) is 0 Å². The third-order valence-corrected chi connectivity index (χ3v) is 4.19. The second-order valence-electron chi connectivity index (χ2n) is 5.68. The summed E-state index contributed by atoms with van der Waals surface area (Å²) in [6.07, 6.45) is 2.60. The molecule has 0 saturated heterocycles. The van der Waals surface area contributed by atoms with Crippen LogP contribution in [0.5, 0.6) is 5.75 Å². The normalized spacial score (nSPS) is 14.2. The van der Waals surface area contributed by atoms with Gasteiger partial charge in [0, 0.05) is 22.6 Å². The molecule has 2 aromatic carbocycles. The summed E-state index contributed by atoms with van der Waals surface area (Å²) in [7, 11) is 0. The van der Waals surface area contributed by atoms with Crippen LogP contribution in [0.4, 0.5) is 0 Å². The highest BCUT2D eigenvalue weighted by molar-refractivity contribution is 9.10. The summed E-state index contributed by atoms with van der Waals surface area (Å²) in [6, 6.07) is 15.4. The van der Waals surface area contributed by atoms with Crippen molar-refractivity contribution in [3.63, 3.8) is 0 Å². The topological polar surface area (TPSA) is 21.3 Å². The van der Waals surface area contributed by atoms with E-state index in [1.54, 1.807) is 0 Å². The van der Waals surface area contributed by atoms with Crippen molar-refractivity contribution in [3.8, 4) is 5.75 Å². The van der Waals surface area contributed by atoms with Crippen LogP contribution in [-0.2, 0) is 13.2 Å². The van der Waals surface area contributed by atoms with Crippen LogP contribution in [0.3, 0.4) is 0 Å². The number of rotatable bonds is 6. The predicted molar refractivity (Wildman–Crippen MR) is 89.5 cm³/mol. The molecule has 0 aromatic heterocycles. The fraction of sp³-hybridized carbons (Fsp3) is 0.333. The minimum absolute atomic E-state index is 0.609. The monoisotopic (exact) mass is 345 g/mol. The molecule has 0 bridgehead atoms. The van der Waals surface area contributed by atoms with Gasteiger partial charge in [-0.25, -0.2) is 0 Å². The van der Waals surface area contributed by atoms with Crippen molar-refractivity contribution in [1.29, 1.82) is 0 Å². The van der Waals surface area contributed by atoms with Crippen molar-refractivity contribution in [1.82, 2.24) is 5.32 Å². The molecule has 1 aliphatic carbocycles. The van der Waals surface area contributed by atoms with E-state index in [-0.39, 0.29) is 0 Å². The third kappa shape index (κ3) is 4.32. The summed E-state index contributed by atoms with van der Waals surface area (Å²) < 4.78 is 7.11. The Labute approximate surface area is 134 Å². The molecular formula is C18H20BrNO. The second kappa shape index (κ2) is 6.63. The zero-order chi connectivity index (χ0) is 14.7. The highest BCUT2D eigenvalue weighted by Gasteiger charge is 2.20. The van der Waals surface area contributed by atoms with Crippen molar-refractivity contribution in [2.45, 2.75) is 39.0 Å². The van der Waals surface area contributed by atoms with E-state index < -0.39 is 0 Å². The van der Waals surface area contributed by atoms with Gasteiger partial charge in [-0.1, -0.05) is 45.8 Å². The molecule has 1 N–H and O–H groups in total. The van der Waals surface area contributed by atoms with Gasteiger partial charge < -0.3 is 10.1 Å². The van der Waals surface area contributed by atoms with Crippen LogP contribution in [0.2, 0.25) is 0 Å². The van der Waals surface area contributed by atoms with Crippen molar-refractivity contribution in [2.24, 2.45) is 0 Å². The molecule has 2 nitrogen and oxygen atoms in total. The Hall–Kier alpha value is -1.32. The zero-order valence-corrected chi connectivity index (χ0v) is 13.8. The van der Waals surface area contributed by atoms with Gasteiger partial charge in [0.1, 0.15) is 12.4 Å². The molecule has 0 aliphatic heterocycles. The van der Waals surface area contributed by atoms with E-state index in [4.69, 9.17) is 4.74 Å². The lowest BCUT2D eigenvalue weighted by Crippen LogP contribution is -2.16. The lowest BCUT2D eigenvalue weighted by Gasteiger charge is -2.13. The third-order valence-electron chi connectivity index (χ3n) is 3.70. The van der Waals surface area contributed by atoms with Crippen LogP contribution in [0, 0.1) is 6.92 Å². The SMILES string of the molecule is Cc1ccc(COc2ccc(Br)cc2CNC2CC2)cc1. The summed E-state index contributed by atoms with van der Waals surface area (Å²) >= 11 is 3.54. The first-order valence-electron chi connectivity index (χ1n) is 7.41. The van der Waals surface area contributed by atoms with Gasteiger partial charge in [-0.2, -0.15) is 0 Å². The maximum atomic E-state index is 6.01. The molecule has 1 saturated carbocycles. The first-order chi connectivity index (χ1) is 10.2. The van der Waals surface area contributed by atoms with E-state index in [0.717, 1.165) is 16.8 Å². The molecule has 110 valence electrons. The van der Waals surface area contributed by atoms with E-state index in [9.17, 15) is 0 Å². The number of hydrogen-bond donors (Lipinski definition) is 1. The fourth-order valence-corrected chi connectivity index (χ4v) is 2.62. The minimum atomic E-state index is 0.609. The largest absolute Gasteiger partial charge is 0.489 e. The highest BCUT2D eigenvalue weighted by Crippen LogP contribution is 2.26. The van der Waals surface area contributed by atoms with Crippen molar-refractivity contribution in [2.75, 3.05) is 0 Å². The lowest BCUT2D eigenvalue weighted by atomic mass is 10.1. The van der Waals surface area contributed by atoms with Gasteiger partial charge in [0.2, 0.25) is 0 Å². The van der Waals surface area contributed by atoms with E-state index in [1.165, 1.54) is 29.5 Å². The number of ether oxygens (including phenoxy) is 1. The summed E-state index contributed by atoms with van der Waals surface area (Å²) in [5, 5.41) is 3.55. The van der Waals surface area contributed by atoms with Gasteiger partial charge in [0.05, 0.1) is 0 Å². The molecule has 0 heterocycles. The Kier molecular flexibility index (Phi) is 4.61. The average Bonchev–Trinajstić information content (AvgIpc) is 3.30. The molecule has 0 spiro atoms. The zero-order valence-electron chi connectivity index (χ0n) is 12.2. The highest BCUT2D eigenvalue weighted by atomic mass is 79.9. The van der Waals surface area contributed by atoms with E-state index in [1.807, 2.05) is 12.1 Å². The predicted octanol–water partition coefficient (Wildman–Crippen LogP) is 4.59. The minimum Gasteiger partial charge on any atom is -0.489 e. The number of aryl methyl sites for hydroxylation is 1. The Morgan fingerprint density at radius 2 is 1.90 bits per heavy atom. The first-order valence-corrected chi connectivity index (χ1v) is 8.20. The van der Waals surface area contributed by atoms with E-state index >= 15 is 0 Å². The molecule has 1 aliphatic rings. The van der Waals surface area contributed by atoms with Crippen LogP contribution >= 0.6 is 15.9 Å². The molecule has 0 amide bonds. The maximum Gasteiger partial charge on any atom is 0.124 e. The van der Waals surface area contributed by atoms with Crippen LogP contribution in [-0.4, -0.2) is 6.04 Å². The summed E-state index contributed by atoms with van der Waals surface area (Å²) in [6.45, 7) is 3.58. The molecule has 1 fully saturated rings. The molecule has 3 rings (SSSR count). The van der Waals surface area contributed by atoms with Gasteiger partial charge in [-0.15, -0.1) is 0 Å². The quantitative estimate of drug-likeness (QED) is 0.826. The number of nitrogens with one attached hydrogen (secondary N) is 1. The van der Waals surface area contributed by atoms with E-state index in [0.29, 0.717) is 12.6 Å². The number of halogens is 1. The first kappa shape index (κ1) is 14.6.